The molecule has 1 heterocycles. The molecule has 1 N–H and O–H groups in total. The molecule has 3 aromatic carbocycles. The number of benzene rings is 3. The largest absolute Gasteiger partial charge is 0.355 e. The predicted octanol–water partition coefficient (Wildman–Crippen LogP) is 6.41. The number of nitrogens with one attached hydrogen (secondary N) is 1. The minimum atomic E-state index is 0.0643. The third-order valence-electron chi connectivity index (χ3n) is 5.97. The van der Waals surface area contributed by atoms with Crippen LogP contribution < -0.4 is 5.32 Å². The van der Waals surface area contributed by atoms with E-state index in [1.165, 1.54) is 16.3 Å². The van der Waals surface area contributed by atoms with Gasteiger partial charge < -0.3 is 5.32 Å². The van der Waals surface area contributed by atoms with Gasteiger partial charge in [0.1, 0.15) is 0 Å². The minimum absolute atomic E-state index is 0.0643. The molecular weight excluding hydrogens is 459 g/mol. The second-order valence-electron chi connectivity index (χ2n) is 8.29. The van der Waals surface area contributed by atoms with E-state index in [-0.39, 0.29) is 11.8 Å². The Morgan fingerprint density at radius 2 is 1.91 bits per heavy atom. The van der Waals surface area contributed by atoms with Crippen LogP contribution >= 0.6 is 35.0 Å². The topological polar surface area (TPSA) is 32.3 Å². The maximum atomic E-state index is 12.8. The van der Waals surface area contributed by atoms with Crippen molar-refractivity contribution in [1.82, 2.24) is 10.2 Å². The van der Waals surface area contributed by atoms with Crippen molar-refractivity contribution in [3.05, 3.63) is 81.8 Å². The van der Waals surface area contributed by atoms with Gasteiger partial charge in [0.2, 0.25) is 5.91 Å². The van der Waals surface area contributed by atoms with E-state index in [1.54, 1.807) is 17.8 Å². The lowest BCUT2D eigenvalue weighted by Gasteiger charge is -2.32. The number of fused-ring (bicyclic) bond motifs is 1. The third kappa shape index (κ3) is 6.20. The predicted molar refractivity (Wildman–Crippen MR) is 138 cm³/mol. The number of nitrogens with zero attached hydrogens (tertiary/aromatic N) is 1. The number of halogens is 2. The number of piperidine rings is 1. The van der Waals surface area contributed by atoms with Gasteiger partial charge in [-0.05, 0) is 53.4 Å². The van der Waals surface area contributed by atoms with Crippen LogP contribution in [0.3, 0.4) is 0 Å². The Kier molecular flexibility index (Phi) is 8.37. The zero-order chi connectivity index (χ0) is 22.3. The van der Waals surface area contributed by atoms with E-state index >= 15 is 0 Å². The van der Waals surface area contributed by atoms with Crippen molar-refractivity contribution in [2.24, 2.45) is 5.92 Å². The fourth-order valence-corrected chi connectivity index (χ4v) is 5.71. The van der Waals surface area contributed by atoms with Crippen molar-refractivity contribution >= 4 is 51.6 Å². The maximum Gasteiger partial charge on any atom is 0.224 e. The van der Waals surface area contributed by atoms with Gasteiger partial charge in [0.15, 0.2) is 0 Å². The highest BCUT2D eigenvalue weighted by molar-refractivity contribution is 7.98. The number of hydrogen-bond acceptors (Lipinski definition) is 3. The second kappa shape index (κ2) is 11.4. The molecule has 1 atom stereocenters. The zero-order valence-electron chi connectivity index (χ0n) is 18.0. The van der Waals surface area contributed by atoms with Crippen molar-refractivity contribution in [2.75, 3.05) is 25.4 Å². The molecule has 0 bridgehead atoms. The number of rotatable bonds is 8. The number of carbonyl (C=O) groups is 1. The first kappa shape index (κ1) is 23.4. The summed E-state index contributed by atoms with van der Waals surface area (Å²) in [5.41, 5.74) is 2.41. The Morgan fingerprint density at radius 1 is 1.06 bits per heavy atom. The summed E-state index contributed by atoms with van der Waals surface area (Å²) >= 11 is 13.9. The zero-order valence-corrected chi connectivity index (χ0v) is 20.4. The lowest BCUT2D eigenvalue weighted by molar-refractivity contribution is -0.126. The summed E-state index contributed by atoms with van der Waals surface area (Å²) in [5, 5.41) is 7.06. The Balaban J connectivity index is 1.23. The molecular formula is C26H28Cl2N2OS. The first-order chi connectivity index (χ1) is 15.6. The molecule has 1 amide bonds. The molecule has 3 aromatic rings. The number of thioether (sulfide) groups is 1. The fourth-order valence-electron chi connectivity index (χ4n) is 4.30. The van der Waals surface area contributed by atoms with E-state index in [9.17, 15) is 4.79 Å². The van der Waals surface area contributed by atoms with Gasteiger partial charge in [-0.25, -0.2) is 0 Å². The Labute approximate surface area is 204 Å². The van der Waals surface area contributed by atoms with Crippen LogP contribution in [0, 0.1) is 5.92 Å². The van der Waals surface area contributed by atoms with Crippen LogP contribution in [-0.4, -0.2) is 36.2 Å². The van der Waals surface area contributed by atoms with Crippen LogP contribution in [0.1, 0.15) is 24.0 Å². The molecule has 6 heteroatoms. The molecule has 0 saturated carbocycles. The normalized spacial score (nSPS) is 16.9. The Hall–Kier alpha value is -1.72. The molecule has 0 radical (unpaired) electrons. The molecule has 0 aliphatic carbocycles. The SMILES string of the molecule is O=C(NCCSCc1ccc(Cl)cc1Cl)C1CCCN(Cc2cccc3ccccc23)C1. The molecule has 1 saturated heterocycles. The first-order valence-corrected chi connectivity index (χ1v) is 13.0. The molecule has 168 valence electrons. The van der Waals surface area contributed by atoms with E-state index in [0.717, 1.165) is 49.5 Å². The van der Waals surface area contributed by atoms with Gasteiger partial charge in [0.25, 0.3) is 0 Å². The average molecular weight is 487 g/mol. The van der Waals surface area contributed by atoms with Gasteiger partial charge in [-0.3, -0.25) is 9.69 Å². The number of amides is 1. The van der Waals surface area contributed by atoms with Crippen molar-refractivity contribution in [3.63, 3.8) is 0 Å². The van der Waals surface area contributed by atoms with E-state index < -0.39 is 0 Å². The number of carbonyl (C=O) groups excluding carboxylic acids is 1. The van der Waals surface area contributed by atoms with Crippen LogP contribution in [0.25, 0.3) is 10.8 Å². The van der Waals surface area contributed by atoms with E-state index in [0.29, 0.717) is 16.6 Å². The van der Waals surface area contributed by atoms with Crippen LogP contribution in [-0.2, 0) is 17.1 Å². The molecule has 1 fully saturated rings. The first-order valence-electron chi connectivity index (χ1n) is 11.1. The molecule has 1 aliphatic rings. The summed E-state index contributed by atoms with van der Waals surface area (Å²) in [7, 11) is 0. The number of likely N-dealkylation sites (tertiary alicyclic amines) is 1. The molecule has 1 aliphatic heterocycles. The minimum Gasteiger partial charge on any atom is -0.355 e. The van der Waals surface area contributed by atoms with Crippen molar-refractivity contribution < 1.29 is 4.79 Å². The molecule has 1 unspecified atom stereocenters. The van der Waals surface area contributed by atoms with Crippen molar-refractivity contribution in [2.45, 2.75) is 25.1 Å². The van der Waals surface area contributed by atoms with Crippen LogP contribution in [0.4, 0.5) is 0 Å². The van der Waals surface area contributed by atoms with Crippen LogP contribution in [0.5, 0.6) is 0 Å². The summed E-state index contributed by atoms with van der Waals surface area (Å²) in [6, 6.07) is 20.6. The van der Waals surface area contributed by atoms with Crippen molar-refractivity contribution in [1.29, 1.82) is 0 Å². The summed E-state index contributed by atoms with van der Waals surface area (Å²) in [6.07, 6.45) is 2.03. The van der Waals surface area contributed by atoms with Crippen LogP contribution in [0.2, 0.25) is 10.0 Å². The molecule has 32 heavy (non-hydrogen) atoms. The third-order valence-corrected chi connectivity index (χ3v) is 7.56. The van der Waals surface area contributed by atoms with Gasteiger partial charge in [0.05, 0.1) is 5.92 Å². The fraction of sp³-hybridized carbons (Fsp3) is 0.346. The lowest BCUT2D eigenvalue weighted by atomic mass is 9.96. The Bertz CT molecular complexity index is 1070. The summed E-state index contributed by atoms with van der Waals surface area (Å²) < 4.78 is 0. The highest BCUT2D eigenvalue weighted by Gasteiger charge is 2.25. The molecule has 3 nitrogen and oxygen atoms in total. The summed E-state index contributed by atoms with van der Waals surface area (Å²) in [6.45, 7) is 3.44. The molecule has 0 spiro atoms. The van der Waals surface area contributed by atoms with Gasteiger partial charge in [-0.1, -0.05) is 71.7 Å². The monoisotopic (exact) mass is 486 g/mol. The summed E-state index contributed by atoms with van der Waals surface area (Å²) in [4.78, 5) is 15.2. The van der Waals surface area contributed by atoms with Gasteiger partial charge in [-0.15, -0.1) is 0 Å². The van der Waals surface area contributed by atoms with E-state index in [1.807, 2.05) is 12.1 Å². The van der Waals surface area contributed by atoms with Crippen molar-refractivity contribution in [3.8, 4) is 0 Å². The highest BCUT2D eigenvalue weighted by atomic mass is 35.5. The highest BCUT2D eigenvalue weighted by Crippen LogP contribution is 2.25. The van der Waals surface area contributed by atoms with Crippen LogP contribution in [0.15, 0.2) is 60.7 Å². The molecule has 4 rings (SSSR count). The standard InChI is InChI=1S/C26H28Cl2N2OS/c27-23-11-10-22(25(28)15-23)18-32-14-12-29-26(31)21-8-4-13-30(17-21)16-20-7-3-6-19-5-1-2-9-24(19)20/h1-3,5-7,9-11,15,21H,4,8,12-14,16-18H2,(H,29,31). The number of hydrogen-bond donors (Lipinski definition) is 1. The summed E-state index contributed by atoms with van der Waals surface area (Å²) in [5.74, 6) is 1.91. The van der Waals surface area contributed by atoms with Gasteiger partial charge >= 0.3 is 0 Å². The maximum absolute atomic E-state index is 12.8. The van der Waals surface area contributed by atoms with Gasteiger partial charge in [0, 0.05) is 41.2 Å². The lowest BCUT2D eigenvalue weighted by Crippen LogP contribution is -2.43. The van der Waals surface area contributed by atoms with E-state index in [2.05, 4.69) is 52.7 Å². The quantitative estimate of drug-likeness (QED) is 0.373. The average Bonchev–Trinajstić information content (AvgIpc) is 2.80. The Morgan fingerprint density at radius 3 is 2.78 bits per heavy atom. The smallest absolute Gasteiger partial charge is 0.224 e. The second-order valence-corrected chi connectivity index (χ2v) is 10.2. The molecule has 0 aromatic heterocycles. The van der Waals surface area contributed by atoms with Gasteiger partial charge in [-0.2, -0.15) is 11.8 Å². The van der Waals surface area contributed by atoms with E-state index in [4.69, 9.17) is 23.2 Å².